The van der Waals surface area contributed by atoms with Gasteiger partial charge in [0.1, 0.15) is 28.1 Å². The molecule has 35 heavy (non-hydrogen) atoms. The van der Waals surface area contributed by atoms with Gasteiger partial charge in [0.25, 0.3) is 0 Å². The van der Waals surface area contributed by atoms with Gasteiger partial charge in [-0.2, -0.15) is 13.2 Å². The van der Waals surface area contributed by atoms with Crippen LogP contribution in [0.2, 0.25) is 0 Å². The number of hydrogen-bond donors (Lipinski definition) is 2. The Balaban J connectivity index is 1.58. The summed E-state index contributed by atoms with van der Waals surface area (Å²) in [6, 6.07) is 6.90. The number of ether oxygens (including phenoxy) is 1. The van der Waals surface area contributed by atoms with Crippen molar-refractivity contribution in [1.82, 2.24) is 14.5 Å². The molecule has 3 aromatic heterocycles. The van der Waals surface area contributed by atoms with E-state index in [1.165, 1.54) is 25.3 Å². The van der Waals surface area contributed by atoms with Gasteiger partial charge < -0.3 is 19.7 Å². The number of anilines is 1. The van der Waals surface area contributed by atoms with Crippen LogP contribution in [-0.4, -0.2) is 39.3 Å². The fourth-order valence-electron chi connectivity index (χ4n) is 3.86. The zero-order valence-corrected chi connectivity index (χ0v) is 19.6. The minimum Gasteiger partial charge on any atom is -0.496 e. The van der Waals surface area contributed by atoms with E-state index in [0.717, 1.165) is 17.1 Å². The molecule has 7 nitrogen and oxygen atoms in total. The van der Waals surface area contributed by atoms with E-state index in [2.05, 4.69) is 15.3 Å². The Morgan fingerprint density at radius 1 is 1.17 bits per heavy atom. The summed E-state index contributed by atoms with van der Waals surface area (Å²) in [5.41, 5.74) is 0.524. The van der Waals surface area contributed by atoms with E-state index >= 15 is 0 Å². The highest BCUT2D eigenvalue weighted by atomic mass is 32.1. The number of hydrogen-bond acceptors (Lipinski definition) is 6. The molecule has 4 aromatic rings. The van der Waals surface area contributed by atoms with Gasteiger partial charge in [-0.05, 0) is 32.0 Å². The normalized spacial score (nSPS) is 11.7. The van der Waals surface area contributed by atoms with Gasteiger partial charge >= 0.3 is 12.1 Å². The second-order valence-electron chi connectivity index (χ2n) is 7.75. The SMILES string of the molecule is COc1cc(F)cc2c1cc(C)n2CCNc1cc(-c2cc(C(F)(F)F)c(C(=O)O)s2)nc(C)n1. The number of halogens is 4. The fraction of sp³-hybridized carbons (Fsp3) is 0.261. The van der Waals surface area contributed by atoms with Crippen molar-refractivity contribution in [2.75, 3.05) is 19.0 Å². The molecule has 0 radical (unpaired) electrons. The number of rotatable bonds is 7. The molecule has 0 spiro atoms. The van der Waals surface area contributed by atoms with Crippen molar-refractivity contribution >= 4 is 34.0 Å². The zero-order valence-electron chi connectivity index (χ0n) is 18.8. The lowest BCUT2D eigenvalue weighted by molar-refractivity contribution is -0.137. The Morgan fingerprint density at radius 3 is 2.54 bits per heavy atom. The van der Waals surface area contributed by atoms with E-state index in [4.69, 9.17) is 4.74 Å². The van der Waals surface area contributed by atoms with Gasteiger partial charge in [0.2, 0.25) is 0 Å². The quantitative estimate of drug-likeness (QED) is 0.309. The molecular weight excluding hydrogens is 488 g/mol. The number of benzene rings is 1. The zero-order chi connectivity index (χ0) is 25.5. The van der Waals surface area contributed by atoms with Gasteiger partial charge in [0.05, 0.1) is 28.8 Å². The molecule has 0 bridgehead atoms. The van der Waals surface area contributed by atoms with Crippen LogP contribution in [0.15, 0.2) is 30.3 Å². The maximum Gasteiger partial charge on any atom is 0.418 e. The summed E-state index contributed by atoms with van der Waals surface area (Å²) in [5, 5.41) is 13.1. The molecule has 1 aromatic carbocycles. The molecule has 0 saturated carbocycles. The summed E-state index contributed by atoms with van der Waals surface area (Å²) in [7, 11) is 1.47. The molecular formula is C23H20F4N4O3S. The third kappa shape index (κ3) is 4.92. The first-order chi connectivity index (χ1) is 16.5. The van der Waals surface area contributed by atoms with Gasteiger partial charge in [0, 0.05) is 36.3 Å². The van der Waals surface area contributed by atoms with Crippen molar-refractivity contribution in [3.8, 4) is 16.3 Å². The number of nitrogens with zero attached hydrogens (tertiary/aromatic N) is 3. The van der Waals surface area contributed by atoms with Crippen LogP contribution in [0, 0.1) is 19.7 Å². The molecule has 0 aliphatic carbocycles. The first-order valence-electron chi connectivity index (χ1n) is 10.4. The van der Waals surface area contributed by atoms with E-state index in [0.29, 0.717) is 47.3 Å². The predicted octanol–water partition coefficient (Wildman–Crippen LogP) is 5.75. The fourth-order valence-corrected chi connectivity index (χ4v) is 4.83. The topological polar surface area (TPSA) is 89.3 Å². The summed E-state index contributed by atoms with van der Waals surface area (Å²) >= 11 is 0.506. The van der Waals surface area contributed by atoms with E-state index in [1.807, 2.05) is 17.6 Å². The summed E-state index contributed by atoms with van der Waals surface area (Å²) in [6.45, 7) is 4.29. The Hall–Kier alpha value is -3.67. The number of aromatic carboxylic acids is 1. The molecule has 0 fully saturated rings. The van der Waals surface area contributed by atoms with Crippen LogP contribution in [0.5, 0.6) is 5.75 Å². The van der Waals surface area contributed by atoms with E-state index < -0.39 is 28.4 Å². The Labute approximate surface area is 201 Å². The van der Waals surface area contributed by atoms with Crippen LogP contribution in [0.4, 0.5) is 23.4 Å². The van der Waals surface area contributed by atoms with Gasteiger partial charge in [-0.25, -0.2) is 19.2 Å². The lowest BCUT2D eigenvalue weighted by Crippen LogP contribution is -2.13. The van der Waals surface area contributed by atoms with Crippen LogP contribution < -0.4 is 10.1 Å². The van der Waals surface area contributed by atoms with Crippen molar-refractivity contribution in [1.29, 1.82) is 0 Å². The molecule has 0 amide bonds. The van der Waals surface area contributed by atoms with E-state index in [-0.39, 0.29) is 10.6 Å². The van der Waals surface area contributed by atoms with E-state index in [1.54, 1.807) is 6.92 Å². The molecule has 0 aliphatic rings. The molecule has 4 rings (SSSR count). The first-order valence-corrected chi connectivity index (χ1v) is 11.2. The Morgan fingerprint density at radius 2 is 1.91 bits per heavy atom. The van der Waals surface area contributed by atoms with Crippen LogP contribution in [0.25, 0.3) is 21.5 Å². The van der Waals surface area contributed by atoms with Gasteiger partial charge in [0.15, 0.2) is 0 Å². The van der Waals surface area contributed by atoms with Gasteiger partial charge in [-0.15, -0.1) is 11.3 Å². The molecule has 12 heteroatoms. The lowest BCUT2D eigenvalue weighted by Gasteiger charge is -2.12. The summed E-state index contributed by atoms with van der Waals surface area (Å²) in [6.07, 6.45) is -4.80. The highest BCUT2D eigenvalue weighted by molar-refractivity contribution is 7.17. The van der Waals surface area contributed by atoms with Crippen molar-refractivity contribution in [2.45, 2.75) is 26.6 Å². The monoisotopic (exact) mass is 508 g/mol. The third-order valence-electron chi connectivity index (χ3n) is 5.34. The summed E-state index contributed by atoms with van der Waals surface area (Å²) in [5.74, 6) is -0.976. The van der Waals surface area contributed by atoms with Crippen LogP contribution in [0.3, 0.4) is 0 Å². The molecule has 2 N–H and O–H groups in total. The smallest absolute Gasteiger partial charge is 0.418 e. The standard InChI is InChI=1S/C23H20F4N4O3S/c1-11-6-14-17(7-13(24)8-18(14)34-3)31(11)5-4-28-20-10-16(29-12(2)30-20)19-9-15(23(25,26)27)21(35-19)22(32)33/h6-10H,4-5H2,1-3H3,(H,32,33)(H,28,29,30). The third-order valence-corrected chi connectivity index (χ3v) is 6.48. The lowest BCUT2D eigenvalue weighted by atomic mass is 10.2. The number of carboxylic acids is 1. The number of methoxy groups -OCH3 is 1. The first kappa shape index (κ1) is 24.5. The van der Waals surface area contributed by atoms with Crippen LogP contribution in [0.1, 0.15) is 26.8 Å². The number of fused-ring (bicyclic) bond motifs is 1. The highest BCUT2D eigenvalue weighted by Gasteiger charge is 2.37. The molecule has 0 atom stereocenters. The van der Waals surface area contributed by atoms with Crippen molar-refractivity contribution in [3.63, 3.8) is 0 Å². The average Bonchev–Trinajstić information content (AvgIpc) is 3.35. The van der Waals surface area contributed by atoms with E-state index in [9.17, 15) is 27.5 Å². The second kappa shape index (κ2) is 9.17. The number of aryl methyl sites for hydroxylation is 2. The number of carboxylic acid groups (broad SMARTS) is 1. The van der Waals surface area contributed by atoms with Crippen molar-refractivity contribution in [2.24, 2.45) is 0 Å². The average molecular weight is 508 g/mol. The maximum atomic E-state index is 14.0. The predicted molar refractivity (Wildman–Crippen MR) is 124 cm³/mol. The molecule has 184 valence electrons. The minimum absolute atomic E-state index is 0.0677. The number of alkyl halides is 3. The molecule has 0 aliphatic heterocycles. The number of carbonyl (C=O) groups is 1. The largest absolute Gasteiger partial charge is 0.496 e. The Bertz CT molecular complexity index is 1430. The summed E-state index contributed by atoms with van der Waals surface area (Å²) in [4.78, 5) is 19.0. The number of nitrogens with one attached hydrogen (secondary N) is 1. The summed E-state index contributed by atoms with van der Waals surface area (Å²) < 4.78 is 61.1. The highest BCUT2D eigenvalue weighted by Crippen LogP contribution is 2.40. The molecule has 3 heterocycles. The van der Waals surface area contributed by atoms with Crippen LogP contribution in [-0.2, 0) is 12.7 Å². The van der Waals surface area contributed by atoms with Gasteiger partial charge in [-0.3, -0.25) is 0 Å². The number of aromatic nitrogens is 3. The molecule has 0 saturated heterocycles. The second-order valence-corrected chi connectivity index (χ2v) is 8.80. The van der Waals surface area contributed by atoms with Crippen molar-refractivity contribution < 1.29 is 32.2 Å². The van der Waals surface area contributed by atoms with Crippen molar-refractivity contribution in [3.05, 3.63) is 58.1 Å². The van der Waals surface area contributed by atoms with Gasteiger partial charge in [-0.1, -0.05) is 0 Å². The Kier molecular flexibility index (Phi) is 6.41. The minimum atomic E-state index is -4.80. The van der Waals surface area contributed by atoms with Crippen LogP contribution >= 0.6 is 11.3 Å². The number of thiophene rings is 1. The molecule has 0 unspecified atom stereocenters. The maximum absolute atomic E-state index is 14.0.